The van der Waals surface area contributed by atoms with Crippen LogP contribution in [0.5, 0.6) is 5.75 Å². The lowest BCUT2D eigenvalue weighted by Gasteiger charge is -2.67. The van der Waals surface area contributed by atoms with Gasteiger partial charge in [-0.25, -0.2) is 14.4 Å². The number of phenols is 1. The number of carbonyl (C=O) groups is 7. The number of hydrogen-bond acceptors (Lipinski definition) is 17. The number of esters is 5. The summed E-state index contributed by atoms with van der Waals surface area (Å²) in [6.07, 6.45) is -4.32. The number of nitrogens with one attached hydrogen (secondary N) is 1. The molecule has 11 rings (SSSR count). The van der Waals surface area contributed by atoms with E-state index in [0.29, 0.717) is 23.8 Å². The van der Waals surface area contributed by atoms with Crippen LogP contribution in [0, 0.1) is 39.9 Å². The van der Waals surface area contributed by atoms with Gasteiger partial charge in [0.2, 0.25) is 6.10 Å². The van der Waals surface area contributed by atoms with E-state index in [1.807, 2.05) is 12.1 Å². The monoisotopic (exact) mass is 1190 g/mol. The number of aryl methyl sites for hydroxylation is 1. The number of hydrogen-bond donors (Lipinski definition) is 5. The van der Waals surface area contributed by atoms with Crippen LogP contribution in [0.4, 0.5) is 0 Å². The number of amides is 1. The summed E-state index contributed by atoms with van der Waals surface area (Å²) in [5, 5.41) is 51.7. The van der Waals surface area contributed by atoms with Gasteiger partial charge in [0.25, 0.3) is 5.91 Å². The van der Waals surface area contributed by atoms with Crippen molar-refractivity contribution in [1.29, 1.82) is 0 Å². The van der Waals surface area contributed by atoms with Gasteiger partial charge in [-0.3, -0.25) is 19.2 Å². The smallest absolute Gasteiger partial charge is 0.350 e. The van der Waals surface area contributed by atoms with Gasteiger partial charge in [-0.05, 0) is 146 Å². The maximum Gasteiger partial charge on any atom is 0.350 e. The first-order valence-corrected chi connectivity index (χ1v) is 30.2. The molecule has 1 amide bonds. The molecule has 18 heteroatoms. The summed E-state index contributed by atoms with van der Waals surface area (Å²) in [5.74, 6) is -7.18. The van der Waals surface area contributed by atoms with E-state index in [-0.39, 0.29) is 58.3 Å². The van der Waals surface area contributed by atoms with E-state index in [1.54, 1.807) is 105 Å². The molecule has 7 aliphatic rings. The summed E-state index contributed by atoms with van der Waals surface area (Å²) in [5.41, 5.74) is -5.48. The zero-order chi connectivity index (χ0) is 62.1. The minimum atomic E-state index is -2.49. The lowest BCUT2D eigenvalue weighted by atomic mass is 9.44. The number of rotatable bonds is 14. The highest BCUT2D eigenvalue weighted by Crippen LogP contribution is 2.66. The van der Waals surface area contributed by atoms with Gasteiger partial charge in [-0.15, -0.1) is 0 Å². The van der Waals surface area contributed by atoms with Crippen molar-refractivity contribution < 1.29 is 82.4 Å². The van der Waals surface area contributed by atoms with Gasteiger partial charge in [0, 0.05) is 43.7 Å². The molecule has 1 heterocycles. The van der Waals surface area contributed by atoms with Crippen LogP contribution in [0.2, 0.25) is 0 Å². The van der Waals surface area contributed by atoms with E-state index in [0.717, 1.165) is 46.0 Å². The Kier molecular flexibility index (Phi) is 16.3. The molecule has 5 fully saturated rings. The molecule has 460 valence electrons. The Morgan fingerprint density at radius 3 is 2.13 bits per heavy atom. The van der Waals surface area contributed by atoms with E-state index in [2.05, 4.69) is 12.2 Å². The molecule has 1 aliphatic heterocycles. The maximum atomic E-state index is 15.9. The number of ketones is 1. The van der Waals surface area contributed by atoms with Crippen LogP contribution >= 0.6 is 0 Å². The molecule has 6 aliphatic carbocycles. The third-order valence-corrected chi connectivity index (χ3v) is 21.2. The fourth-order valence-corrected chi connectivity index (χ4v) is 16.7. The average Bonchev–Trinajstić information content (AvgIpc) is 1.12. The largest absolute Gasteiger partial charge is 0.508 e. The number of fused-ring (bicyclic) bond motifs is 10. The van der Waals surface area contributed by atoms with Gasteiger partial charge < -0.3 is 54.2 Å². The Morgan fingerprint density at radius 2 is 1.48 bits per heavy atom. The Balaban J connectivity index is 0.967. The van der Waals surface area contributed by atoms with Crippen LogP contribution in [0.25, 0.3) is 0 Å². The van der Waals surface area contributed by atoms with Crippen molar-refractivity contribution in [2.24, 2.45) is 39.9 Å². The number of benzene rings is 4. The van der Waals surface area contributed by atoms with Crippen molar-refractivity contribution in [2.45, 2.75) is 166 Å². The number of phenolic OH excluding ortho intramolecular Hbond substituents is 1. The molecule has 4 saturated carbocycles. The van der Waals surface area contributed by atoms with E-state index >= 15 is 9.59 Å². The van der Waals surface area contributed by atoms with Gasteiger partial charge in [0.1, 0.15) is 35.7 Å². The van der Waals surface area contributed by atoms with Gasteiger partial charge in [-0.1, -0.05) is 99.6 Å². The lowest BCUT2D eigenvalue weighted by molar-refractivity contribution is -0.346. The number of aliphatic hydroxyl groups excluding tert-OH is 2. The van der Waals surface area contributed by atoms with Crippen LogP contribution in [0.15, 0.2) is 132 Å². The quantitative estimate of drug-likeness (QED) is 0.0345. The highest BCUT2D eigenvalue weighted by molar-refractivity contribution is 5.97. The zero-order valence-corrected chi connectivity index (χ0v) is 50.0. The minimum absolute atomic E-state index is 0.0407. The third-order valence-electron chi connectivity index (χ3n) is 21.2. The second kappa shape index (κ2) is 23.2. The molecule has 4 aromatic rings. The Morgan fingerprint density at radius 1 is 0.816 bits per heavy atom. The molecule has 0 aromatic heterocycles. The highest BCUT2D eigenvalue weighted by Gasteiger charge is 2.78. The number of aromatic hydroxyl groups is 1. The Hall–Kier alpha value is -7.51. The summed E-state index contributed by atoms with van der Waals surface area (Å²) in [4.78, 5) is 102. The second-order valence-electron chi connectivity index (χ2n) is 26.2. The third kappa shape index (κ3) is 10.5. The van der Waals surface area contributed by atoms with Gasteiger partial charge in [0.05, 0.1) is 35.7 Å². The summed E-state index contributed by atoms with van der Waals surface area (Å²) >= 11 is 0. The van der Waals surface area contributed by atoms with Crippen molar-refractivity contribution in [1.82, 2.24) is 5.32 Å². The highest BCUT2D eigenvalue weighted by atomic mass is 16.6. The minimum Gasteiger partial charge on any atom is -0.508 e. The first-order valence-electron chi connectivity index (χ1n) is 30.2. The van der Waals surface area contributed by atoms with E-state index in [4.69, 9.17) is 28.4 Å². The number of Topliss-reactive ketones (excluding diaryl/α,β-unsaturated/α-hetero) is 1. The molecular weight excluding hydrogens is 1110 g/mol. The molecule has 5 unspecified atom stereocenters. The molecule has 0 radical (unpaired) electrons. The predicted molar refractivity (Wildman–Crippen MR) is 313 cm³/mol. The summed E-state index contributed by atoms with van der Waals surface area (Å²) in [6.45, 7) is 10.1. The van der Waals surface area contributed by atoms with Crippen LogP contribution in [0.3, 0.4) is 0 Å². The number of aliphatic hydroxyl groups is 3. The van der Waals surface area contributed by atoms with Crippen molar-refractivity contribution >= 4 is 41.5 Å². The molecular formula is C69H77NO17. The standard InChI is InChI=1S/C69H77NO17/c1-37-50(35-69(81)61(86-63(79)42-22-15-10-16-23-42)58-67(7,51(74)34-52-68(58,36-82-52)87-39(3)72)60(77)56(83-38(2)71)54(37)65(69,4)5)84-64(80)57(55(40-18-11-8-12-19-40)70-62(78)41-20-13-9-14-21-41)85-53(75)25-17-24-44-33-49-48-28-26-43-32-45(73)27-29-46(43)47(48)30-31-66(49,6)59(44)76/h8-23,25,27,29,32,44,47-52,55-59,61,73-74,76,81H,24,26,28,30-31,33-36H2,1-7H3,(H,70,78)/b25-17+/t44?,47?,48?,49?,50-,51-,52+,55-,56+,57+,58?,59-,61-,66-,67+,68-,69+/m0/s1. The zero-order valence-electron chi connectivity index (χ0n) is 50.0. The lowest BCUT2D eigenvalue weighted by Crippen LogP contribution is -2.82. The molecule has 5 N–H and O–H groups in total. The molecule has 18 nitrogen and oxygen atoms in total. The van der Waals surface area contributed by atoms with Crippen molar-refractivity contribution in [2.75, 3.05) is 6.61 Å². The summed E-state index contributed by atoms with van der Waals surface area (Å²) in [6, 6.07) is 28.5. The van der Waals surface area contributed by atoms with E-state index in [9.17, 15) is 44.4 Å². The normalized spacial score (nSPS) is 34.3. The van der Waals surface area contributed by atoms with Crippen molar-refractivity contribution in [3.63, 3.8) is 0 Å². The topological polar surface area (TPSA) is 268 Å². The Bertz CT molecular complexity index is 3420. The summed E-state index contributed by atoms with van der Waals surface area (Å²) in [7, 11) is 0. The van der Waals surface area contributed by atoms with Gasteiger partial charge >= 0.3 is 29.8 Å². The molecule has 1 saturated heterocycles. The fraction of sp³-hybridized carbons (Fsp3) is 0.493. The summed E-state index contributed by atoms with van der Waals surface area (Å²) < 4.78 is 37.4. The fourth-order valence-electron chi connectivity index (χ4n) is 16.7. The van der Waals surface area contributed by atoms with E-state index in [1.165, 1.54) is 43.2 Å². The first kappa shape index (κ1) is 61.1. The second-order valence-corrected chi connectivity index (χ2v) is 26.2. The number of carbonyl (C=O) groups excluding carboxylic acids is 7. The number of allylic oxidation sites excluding steroid dienone is 1. The molecule has 17 atom stereocenters. The molecule has 0 spiro atoms. The average molecular weight is 1190 g/mol. The molecule has 87 heavy (non-hydrogen) atoms. The van der Waals surface area contributed by atoms with Gasteiger partial charge in [-0.2, -0.15) is 0 Å². The Labute approximate surface area is 505 Å². The van der Waals surface area contributed by atoms with Crippen LogP contribution in [-0.2, 0) is 58.8 Å². The molecule has 2 bridgehead atoms. The predicted octanol–water partition coefficient (Wildman–Crippen LogP) is 8.08. The molecule has 4 aromatic carbocycles. The van der Waals surface area contributed by atoms with Crippen molar-refractivity contribution in [3.8, 4) is 5.75 Å². The van der Waals surface area contributed by atoms with E-state index < -0.39 is 125 Å². The first-order chi connectivity index (χ1) is 41.3. The van der Waals surface area contributed by atoms with Crippen LogP contribution < -0.4 is 5.32 Å². The van der Waals surface area contributed by atoms with Crippen molar-refractivity contribution in [3.05, 3.63) is 160 Å². The van der Waals surface area contributed by atoms with Crippen LogP contribution in [0.1, 0.15) is 143 Å². The SMILES string of the molecule is CC(=O)O[C@H]1C(=O)[C@@]2(C)C([C@H](OC(=O)c3ccccc3)[C@]3(O)C[C@H](OC(=O)[C@H](OC(=O)/C=C/CC4CC5C6CCc7cc(O)ccc7C6CC[C@]5(C)[C@H]4O)[C@@H](NC(=O)c4ccccc4)c4ccccc4)C(C)=C1C3(C)C)[C@]1(OC(C)=O)CO[C@@H]1C[C@@H]2O. The van der Waals surface area contributed by atoms with Crippen LogP contribution in [-0.4, -0.2) is 122 Å². The van der Waals surface area contributed by atoms with Gasteiger partial charge in [0.15, 0.2) is 17.5 Å². The maximum absolute atomic E-state index is 15.9. The number of ether oxygens (including phenoxy) is 6.